The predicted molar refractivity (Wildman–Crippen MR) is 64.5 cm³/mol. The number of benzene rings is 1. The summed E-state index contributed by atoms with van der Waals surface area (Å²) in [5.41, 5.74) is 7.59. The summed E-state index contributed by atoms with van der Waals surface area (Å²) < 4.78 is 1.96. The first-order chi connectivity index (χ1) is 8.19. The number of nitro benzene ring substituents is 1. The van der Waals surface area contributed by atoms with Gasteiger partial charge in [-0.3, -0.25) is 10.1 Å². The summed E-state index contributed by atoms with van der Waals surface area (Å²) in [6.45, 7) is 1.11. The first kappa shape index (κ1) is 11.3. The second-order valence-corrected chi connectivity index (χ2v) is 3.82. The minimum atomic E-state index is -0.384. The second kappa shape index (κ2) is 4.80. The molecule has 1 aromatic heterocycles. The van der Waals surface area contributed by atoms with Crippen LogP contribution in [-0.2, 0) is 13.1 Å². The Hall–Kier alpha value is -2.14. The maximum Gasteiger partial charge on any atom is 0.269 e. The van der Waals surface area contributed by atoms with Gasteiger partial charge < -0.3 is 10.3 Å². The Balaban J connectivity index is 2.18. The fourth-order valence-corrected chi connectivity index (χ4v) is 1.69. The molecule has 0 aliphatic carbocycles. The van der Waals surface area contributed by atoms with Gasteiger partial charge in [0.15, 0.2) is 0 Å². The van der Waals surface area contributed by atoms with Crippen LogP contribution in [0, 0.1) is 10.1 Å². The zero-order valence-electron chi connectivity index (χ0n) is 9.24. The average molecular weight is 231 g/mol. The van der Waals surface area contributed by atoms with E-state index in [2.05, 4.69) is 0 Å². The minimum absolute atomic E-state index is 0.119. The van der Waals surface area contributed by atoms with Crippen LogP contribution in [0.5, 0.6) is 0 Å². The van der Waals surface area contributed by atoms with Crippen LogP contribution in [0.2, 0.25) is 0 Å². The normalized spacial score (nSPS) is 10.4. The molecule has 1 aromatic carbocycles. The summed E-state index contributed by atoms with van der Waals surface area (Å²) >= 11 is 0. The highest BCUT2D eigenvalue weighted by Gasteiger charge is 2.05. The molecule has 0 saturated heterocycles. The maximum absolute atomic E-state index is 10.6. The van der Waals surface area contributed by atoms with Crippen molar-refractivity contribution in [3.05, 3.63) is 64.0 Å². The lowest BCUT2D eigenvalue weighted by Gasteiger charge is -2.02. The summed E-state index contributed by atoms with van der Waals surface area (Å²) in [5.74, 6) is 0. The van der Waals surface area contributed by atoms with Gasteiger partial charge in [-0.25, -0.2) is 0 Å². The molecule has 0 aliphatic rings. The lowest BCUT2D eigenvalue weighted by Crippen LogP contribution is -1.98. The molecular formula is C12H13N3O2. The molecule has 0 saturated carbocycles. The summed E-state index contributed by atoms with van der Waals surface area (Å²) in [4.78, 5) is 10.3. The van der Waals surface area contributed by atoms with E-state index in [-0.39, 0.29) is 10.6 Å². The lowest BCUT2D eigenvalue weighted by molar-refractivity contribution is -0.384. The number of rotatable bonds is 4. The van der Waals surface area contributed by atoms with Gasteiger partial charge >= 0.3 is 0 Å². The summed E-state index contributed by atoms with van der Waals surface area (Å²) in [6, 6.07) is 8.58. The number of aromatic nitrogens is 1. The van der Waals surface area contributed by atoms with E-state index in [1.165, 1.54) is 6.07 Å². The highest BCUT2D eigenvalue weighted by atomic mass is 16.6. The van der Waals surface area contributed by atoms with Crippen molar-refractivity contribution in [3.8, 4) is 0 Å². The number of hydrogen-bond acceptors (Lipinski definition) is 3. The second-order valence-electron chi connectivity index (χ2n) is 3.82. The van der Waals surface area contributed by atoms with Crippen molar-refractivity contribution in [1.29, 1.82) is 0 Å². The van der Waals surface area contributed by atoms with Gasteiger partial charge in [-0.1, -0.05) is 12.1 Å². The highest BCUT2D eigenvalue weighted by molar-refractivity contribution is 5.34. The topological polar surface area (TPSA) is 74.1 Å². The van der Waals surface area contributed by atoms with E-state index in [9.17, 15) is 10.1 Å². The molecule has 0 fully saturated rings. The molecule has 0 amide bonds. The molecule has 2 aromatic rings. The maximum atomic E-state index is 10.6. The predicted octanol–water partition coefficient (Wildman–Crippen LogP) is 1.90. The number of nitrogens with two attached hydrogens (primary N) is 1. The summed E-state index contributed by atoms with van der Waals surface area (Å²) in [6.07, 6.45) is 3.86. The van der Waals surface area contributed by atoms with E-state index in [1.54, 1.807) is 12.1 Å². The van der Waals surface area contributed by atoms with Crippen LogP contribution in [0.1, 0.15) is 11.1 Å². The van der Waals surface area contributed by atoms with Crippen LogP contribution in [0.25, 0.3) is 0 Å². The van der Waals surface area contributed by atoms with Gasteiger partial charge in [0.1, 0.15) is 0 Å². The van der Waals surface area contributed by atoms with Gasteiger partial charge in [-0.05, 0) is 17.2 Å². The molecule has 0 radical (unpaired) electrons. The Morgan fingerprint density at radius 2 is 2.12 bits per heavy atom. The highest BCUT2D eigenvalue weighted by Crippen LogP contribution is 2.14. The third-order valence-corrected chi connectivity index (χ3v) is 2.53. The first-order valence-electron chi connectivity index (χ1n) is 5.27. The van der Waals surface area contributed by atoms with Crippen molar-refractivity contribution in [2.75, 3.05) is 0 Å². The van der Waals surface area contributed by atoms with Gasteiger partial charge in [-0.2, -0.15) is 0 Å². The molecular weight excluding hydrogens is 218 g/mol. The molecule has 0 spiro atoms. The van der Waals surface area contributed by atoms with E-state index in [4.69, 9.17) is 5.73 Å². The van der Waals surface area contributed by atoms with Crippen molar-refractivity contribution in [1.82, 2.24) is 4.57 Å². The summed E-state index contributed by atoms with van der Waals surface area (Å²) in [5, 5.41) is 10.6. The summed E-state index contributed by atoms with van der Waals surface area (Å²) in [7, 11) is 0. The molecule has 5 heteroatoms. The van der Waals surface area contributed by atoms with E-state index < -0.39 is 0 Å². The van der Waals surface area contributed by atoms with Crippen molar-refractivity contribution in [3.63, 3.8) is 0 Å². The van der Waals surface area contributed by atoms with E-state index in [0.717, 1.165) is 11.1 Å². The number of nitro groups is 1. The third kappa shape index (κ3) is 2.70. The SMILES string of the molecule is NCc1ccn(Cc2cccc([N+](=O)[O-])c2)c1. The van der Waals surface area contributed by atoms with E-state index >= 15 is 0 Å². The fraction of sp³-hybridized carbons (Fsp3) is 0.167. The Kier molecular flexibility index (Phi) is 3.20. The largest absolute Gasteiger partial charge is 0.350 e. The Bertz CT molecular complexity index is 534. The average Bonchev–Trinajstić information content (AvgIpc) is 2.77. The zero-order chi connectivity index (χ0) is 12.3. The molecule has 2 rings (SSSR count). The van der Waals surface area contributed by atoms with Gasteiger partial charge in [0.25, 0.3) is 5.69 Å². The Morgan fingerprint density at radius 3 is 2.76 bits per heavy atom. The molecule has 0 atom stereocenters. The van der Waals surface area contributed by atoms with Gasteiger partial charge in [0, 0.05) is 37.6 Å². The van der Waals surface area contributed by atoms with Crippen molar-refractivity contribution >= 4 is 5.69 Å². The van der Waals surface area contributed by atoms with Crippen LogP contribution >= 0.6 is 0 Å². The third-order valence-electron chi connectivity index (χ3n) is 2.53. The fourth-order valence-electron chi connectivity index (χ4n) is 1.69. The van der Waals surface area contributed by atoms with Crippen LogP contribution in [-0.4, -0.2) is 9.49 Å². The van der Waals surface area contributed by atoms with Gasteiger partial charge in [0.05, 0.1) is 4.92 Å². The van der Waals surface area contributed by atoms with Crippen molar-refractivity contribution < 1.29 is 4.92 Å². The van der Waals surface area contributed by atoms with Crippen molar-refractivity contribution in [2.24, 2.45) is 5.73 Å². The molecule has 0 aliphatic heterocycles. The van der Waals surface area contributed by atoms with Gasteiger partial charge in [-0.15, -0.1) is 0 Å². The number of non-ortho nitro benzene ring substituents is 1. The molecule has 17 heavy (non-hydrogen) atoms. The van der Waals surface area contributed by atoms with Crippen LogP contribution in [0.3, 0.4) is 0 Å². The molecule has 0 bridgehead atoms. The van der Waals surface area contributed by atoms with Gasteiger partial charge in [0.2, 0.25) is 0 Å². The van der Waals surface area contributed by atoms with Crippen molar-refractivity contribution in [2.45, 2.75) is 13.1 Å². The molecule has 5 nitrogen and oxygen atoms in total. The Morgan fingerprint density at radius 1 is 1.29 bits per heavy atom. The Labute approximate surface area is 98.6 Å². The first-order valence-corrected chi connectivity index (χ1v) is 5.27. The molecule has 1 heterocycles. The number of nitrogens with zero attached hydrogens (tertiary/aromatic N) is 2. The van der Waals surface area contributed by atoms with Crippen LogP contribution in [0.4, 0.5) is 5.69 Å². The van der Waals surface area contributed by atoms with Crippen LogP contribution < -0.4 is 5.73 Å². The quantitative estimate of drug-likeness (QED) is 0.645. The molecule has 2 N–H and O–H groups in total. The van der Waals surface area contributed by atoms with Crippen LogP contribution in [0.15, 0.2) is 42.7 Å². The minimum Gasteiger partial charge on any atom is -0.350 e. The van der Waals surface area contributed by atoms with E-state index in [1.807, 2.05) is 29.1 Å². The molecule has 0 unspecified atom stereocenters. The van der Waals surface area contributed by atoms with E-state index in [0.29, 0.717) is 13.1 Å². The monoisotopic (exact) mass is 231 g/mol. The zero-order valence-corrected chi connectivity index (χ0v) is 9.24. The lowest BCUT2D eigenvalue weighted by atomic mass is 10.2. The smallest absolute Gasteiger partial charge is 0.269 e. The standard InChI is InChI=1S/C12H13N3O2/c13-7-11-4-5-14(9-11)8-10-2-1-3-12(6-10)15(16)17/h1-6,9H,7-8,13H2. The number of hydrogen-bond donors (Lipinski definition) is 1. The molecule has 88 valence electrons.